The number of rotatable bonds is 8. The molecule has 0 spiro atoms. The van der Waals surface area contributed by atoms with Gasteiger partial charge in [-0.2, -0.15) is 13.2 Å². The number of halogens is 3. The number of amides is 1. The van der Waals surface area contributed by atoms with Gasteiger partial charge in [-0.15, -0.1) is 10.2 Å². The van der Waals surface area contributed by atoms with Crippen molar-refractivity contribution in [3.8, 4) is 0 Å². The summed E-state index contributed by atoms with van der Waals surface area (Å²) in [6.07, 6.45) is -2.89. The van der Waals surface area contributed by atoms with Gasteiger partial charge in [-0.1, -0.05) is 36.1 Å². The quantitative estimate of drug-likeness (QED) is 0.467. The number of benzene rings is 1. The van der Waals surface area contributed by atoms with E-state index in [0.717, 1.165) is 41.9 Å². The molecule has 0 radical (unpaired) electrons. The molecule has 1 amide bonds. The lowest BCUT2D eigenvalue weighted by Crippen LogP contribution is -2.45. The Bertz CT molecular complexity index is 964. The molecule has 0 fully saturated rings. The molecule has 1 aromatic heterocycles. The van der Waals surface area contributed by atoms with E-state index in [1.807, 2.05) is 6.92 Å². The molecule has 2 aromatic rings. The lowest BCUT2D eigenvalue weighted by molar-refractivity contribution is -0.137. The number of alkyl halides is 3. The highest BCUT2D eigenvalue weighted by atomic mass is 32.2. The summed E-state index contributed by atoms with van der Waals surface area (Å²) in [6, 6.07) is 2.48. The van der Waals surface area contributed by atoms with Gasteiger partial charge in [0.15, 0.2) is 4.34 Å². The second kappa shape index (κ2) is 9.30. The molecule has 0 saturated heterocycles. The van der Waals surface area contributed by atoms with Crippen molar-refractivity contribution in [3.05, 3.63) is 29.8 Å². The second-order valence-electron chi connectivity index (χ2n) is 5.99. The van der Waals surface area contributed by atoms with Crippen LogP contribution in [0.4, 0.5) is 24.0 Å². The smallest absolute Gasteiger partial charge is 0.299 e. The summed E-state index contributed by atoms with van der Waals surface area (Å²) in [4.78, 5) is 12.6. The third kappa shape index (κ3) is 6.31. The molecule has 0 aliphatic carbocycles. The molecule has 13 heteroatoms. The van der Waals surface area contributed by atoms with Crippen LogP contribution in [0.2, 0.25) is 0 Å². The fraction of sp³-hybridized carbons (Fsp3) is 0.438. The first-order valence-electron chi connectivity index (χ1n) is 8.37. The van der Waals surface area contributed by atoms with E-state index in [0.29, 0.717) is 14.7 Å². The van der Waals surface area contributed by atoms with Crippen LogP contribution < -0.4 is 9.62 Å². The predicted molar refractivity (Wildman–Crippen MR) is 108 cm³/mol. The number of anilines is 2. The zero-order valence-electron chi connectivity index (χ0n) is 15.7. The van der Waals surface area contributed by atoms with E-state index in [2.05, 4.69) is 15.5 Å². The number of aromatic nitrogens is 2. The summed E-state index contributed by atoms with van der Waals surface area (Å²) in [5.74, 6) is 0.0900. The Morgan fingerprint density at radius 2 is 2.03 bits per heavy atom. The third-order valence-corrected chi connectivity index (χ3v) is 7.00. The van der Waals surface area contributed by atoms with Gasteiger partial charge in [-0.25, -0.2) is 8.42 Å². The van der Waals surface area contributed by atoms with E-state index in [1.165, 1.54) is 24.8 Å². The number of carbonyl (C=O) groups excluding carboxylic acids is 1. The van der Waals surface area contributed by atoms with Crippen LogP contribution in [0.1, 0.15) is 25.8 Å². The van der Waals surface area contributed by atoms with Crippen molar-refractivity contribution in [1.82, 2.24) is 10.2 Å². The van der Waals surface area contributed by atoms with Crippen LogP contribution >= 0.6 is 23.1 Å². The number of thioether (sulfide) groups is 1. The minimum Gasteiger partial charge on any atom is -0.299 e. The number of sulfonamides is 1. The Labute approximate surface area is 174 Å². The highest BCUT2D eigenvalue weighted by Gasteiger charge is 2.34. The first kappa shape index (κ1) is 23.4. The van der Waals surface area contributed by atoms with E-state index in [4.69, 9.17) is 0 Å². The molecule has 2 rings (SSSR count). The lowest BCUT2D eigenvalue weighted by atomic mass is 10.2. The van der Waals surface area contributed by atoms with Crippen LogP contribution in [0.25, 0.3) is 0 Å². The van der Waals surface area contributed by atoms with Gasteiger partial charge in [-0.3, -0.25) is 14.4 Å². The van der Waals surface area contributed by atoms with Gasteiger partial charge in [0.1, 0.15) is 6.04 Å². The monoisotopic (exact) mass is 468 g/mol. The Hall–Kier alpha value is -1.86. The highest BCUT2D eigenvalue weighted by Crippen LogP contribution is 2.33. The summed E-state index contributed by atoms with van der Waals surface area (Å²) < 4.78 is 64.8. The molecule has 0 saturated carbocycles. The van der Waals surface area contributed by atoms with Gasteiger partial charge in [0.05, 0.1) is 17.5 Å². The average molecular weight is 469 g/mol. The van der Waals surface area contributed by atoms with E-state index in [9.17, 15) is 26.4 Å². The fourth-order valence-electron chi connectivity index (χ4n) is 2.35. The Morgan fingerprint density at radius 3 is 2.62 bits per heavy atom. The average Bonchev–Trinajstić information content (AvgIpc) is 3.05. The van der Waals surface area contributed by atoms with Crippen LogP contribution in [0.15, 0.2) is 28.6 Å². The molecular formula is C16H19F3N4O3S3. The van der Waals surface area contributed by atoms with Crippen LogP contribution in [-0.2, 0) is 21.0 Å². The van der Waals surface area contributed by atoms with E-state index in [1.54, 1.807) is 0 Å². The number of hydrogen-bond acceptors (Lipinski definition) is 7. The molecule has 0 unspecified atom stereocenters. The van der Waals surface area contributed by atoms with Crippen LogP contribution in [0, 0.1) is 0 Å². The third-order valence-electron chi connectivity index (χ3n) is 3.58. The zero-order valence-corrected chi connectivity index (χ0v) is 18.2. The van der Waals surface area contributed by atoms with Crippen molar-refractivity contribution in [2.24, 2.45) is 0 Å². The van der Waals surface area contributed by atoms with E-state index < -0.39 is 33.7 Å². The maximum Gasteiger partial charge on any atom is 0.416 e. The van der Waals surface area contributed by atoms with Crippen molar-refractivity contribution in [3.63, 3.8) is 0 Å². The van der Waals surface area contributed by atoms with Crippen molar-refractivity contribution >= 4 is 49.8 Å². The molecule has 1 N–H and O–H groups in total. The van der Waals surface area contributed by atoms with Crippen molar-refractivity contribution in [1.29, 1.82) is 0 Å². The Balaban J connectivity index is 2.27. The maximum atomic E-state index is 13.0. The van der Waals surface area contributed by atoms with Crippen LogP contribution in [-0.4, -0.2) is 42.6 Å². The largest absolute Gasteiger partial charge is 0.416 e. The highest BCUT2D eigenvalue weighted by molar-refractivity contribution is 8.01. The Morgan fingerprint density at radius 1 is 1.34 bits per heavy atom. The summed E-state index contributed by atoms with van der Waals surface area (Å²) >= 11 is 2.60. The zero-order chi connectivity index (χ0) is 21.8. The standard InChI is InChI=1S/C16H19F3N4O3S3/c1-4-8-27-15-22-21-14(28-15)20-13(24)10(2)23(29(3,25)26)12-7-5-6-11(9-12)16(17,18)19/h5-7,9-10H,4,8H2,1-3H3,(H,20,21,24)/t10-/m1/s1. The van der Waals surface area contributed by atoms with E-state index in [-0.39, 0.29) is 10.8 Å². The number of nitrogens with zero attached hydrogens (tertiary/aromatic N) is 3. The molecule has 1 heterocycles. The molecular weight excluding hydrogens is 449 g/mol. The van der Waals surface area contributed by atoms with Crippen LogP contribution in [0.3, 0.4) is 0 Å². The van der Waals surface area contributed by atoms with Gasteiger partial charge < -0.3 is 0 Å². The fourth-order valence-corrected chi connectivity index (χ4v) is 5.19. The lowest BCUT2D eigenvalue weighted by Gasteiger charge is -2.28. The molecule has 7 nitrogen and oxygen atoms in total. The van der Waals surface area contributed by atoms with Gasteiger partial charge in [-0.05, 0) is 31.5 Å². The first-order valence-corrected chi connectivity index (χ1v) is 12.0. The molecule has 0 aliphatic heterocycles. The number of hydrogen-bond donors (Lipinski definition) is 1. The normalized spacial score (nSPS) is 13.2. The summed E-state index contributed by atoms with van der Waals surface area (Å²) in [7, 11) is -4.06. The molecule has 1 aromatic carbocycles. The summed E-state index contributed by atoms with van der Waals surface area (Å²) in [5, 5.41) is 10.4. The molecule has 0 aliphatic rings. The molecule has 160 valence electrons. The van der Waals surface area contributed by atoms with Crippen LogP contribution in [0.5, 0.6) is 0 Å². The second-order valence-corrected chi connectivity index (χ2v) is 10.2. The van der Waals surface area contributed by atoms with Gasteiger partial charge in [0.25, 0.3) is 0 Å². The van der Waals surface area contributed by atoms with E-state index >= 15 is 0 Å². The number of nitrogens with one attached hydrogen (secondary N) is 1. The predicted octanol–water partition coefficient (Wildman–Crippen LogP) is 3.85. The van der Waals surface area contributed by atoms with Gasteiger partial charge >= 0.3 is 6.18 Å². The topological polar surface area (TPSA) is 92.3 Å². The minimum absolute atomic E-state index is 0.179. The van der Waals surface area contributed by atoms with Crippen molar-refractivity contribution in [2.45, 2.75) is 36.8 Å². The first-order chi connectivity index (χ1) is 13.4. The maximum absolute atomic E-state index is 13.0. The summed E-state index contributed by atoms with van der Waals surface area (Å²) in [6.45, 7) is 3.29. The summed E-state index contributed by atoms with van der Waals surface area (Å²) in [5.41, 5.74) is -1.28. The van der Waals surface area contributed by atoms with Gasteiger partial charge in [0, 0.05) is 5.75 Å². The number of carbonyl (C=O) groups is 1. The Kier molecular flexibility index (Phi) is 7.51. The SMILES string of the molecule is CCCSc1nnc(NC(=O)[C@@H](C)N(c2cccc(C(F)(F)F)c2)S(C)(=O)=O)s1. The van der Waals surface area contributed by atoms with Crippen molar-refractivity contribution < 1.29 is 26.4 Å². The molecule has 29 heavy (non-hydrogen) atoms. The van der Waals surface area contributed by atoms with Crippen molar-refractivity contribution in [2.75, 3.05) is 21.6 Å². The van der Waals surface area contributed by atoms with Gasteiger partial charge in [0.2, 0.25) is 21.1 Å². The molecule has 0 bridgehead atoms. The minimum atomic E-state index is -4.65. The molecule has 1 atom stereocenters.